The number of alkyl carbamates (subject to hydrolysis) is 1. The number of carboxylic acid groups (broad SMARTS) is 1. The number of carboxylic acids is 1. The molecule has 0 heterocycles. The maximum absolute atomic E-state index is 15.4. The first-order chi connectivity index (χ1) is 15.1. The van der Waals surface area contributed by atoms with Crippen molar-refractivity contribution in [1.82, 2.24) is 5.32 Å². The highest BCUT2D eigenvalue weighted by atomic mass is 127. The van der Waals surface area contributed by atoms with E-state index in [1.165, 1.54) is 0 Å². The van der Waals surface area contributed by atoms with Crippen LogP contribution >= 0.6 is 22.6 Å². The number of alkyl halides is 3. The summed E-state index contributed by atoms with van der Waals surface area (Å²) in [6, 6.07) is 8.24. The molecule has 3 atom stereocenters. The molecule has 5 nitrogen and oxygen atoms in total. The minimum Gasteiger partial charge on any atom is -0.481 e. The fourth-order valence-corrected chi connectivity index (χ4v) is 5.21. The zero-order valence-electron chi connectivity index (χ0n) is 18.7. The Hall–Kier alpha value is -1.45. The molecular formula is C24H34F2INO4. The summed E-state index contributed by atoms with van der Waals surface area (Å²) in [5.41, 5.74) is 0.797. The molecule has 0 radical (unpaired) electrons. The zero-order chi connectivity index (χ0) is 23.7. The van der Waals surface area contributed by atoms with Crippen molar-refractivity contribution in [3.8, 4) is 0 Å². The summed E-state index contributed by atoms with van der Waals surface area (Å²) in [5, 5.41) is 12.2. The predicted octanol–water partition coefficient (Wildman–Crippen LogP) is 6.44. The topological polar surface area (TPSA) is 75.6 Å². The third-order valence-electron chi connectivity index (χ3n) is 6.02. The van der Waals surface area contributed by atoms with Crippen molar-refractivity contribution < 1.29 is 28.2 Å². The average Bonchev–Trinajstić information content (AvgIpc) is 2.76. The zero-order valence-corrected chi connectivity index (χ0v) is 20.9. The molecule has 0 bridgehead atoms. The highest BCUT2D eigenvalue weighted by Crippen LogP contribution is 2.41. The molecule has 1 fully saturated rings. The second-order valence-corrected chi connectivity index (χ2v) is 10.5. The van der Waals surface area contributed by atoms with Gasteiger partial charge in [0.1, 0.15) is 12.5 Å². The summed E-state index contributed by atoms with van der Waals surface area (Å²) in [5.74, 6) is -6.76. The molecule has 0 saturated heterocycles. The minimum absolute atomic E-state index is 0.0379. The van der Waals surface area contributed by atoms with Crippen LogP contribution in [0.25, 0.3) is 0 Å². The van der Waals surface area contributed by atoms with Crippen LogP contribution in [-0.2, 0) is 16.1 Å². The Morgan fingerprint density at radius 2 is 1.81 bits per heavy atom. The lowest BCUT2D eigenvalue weighted by Gasteiger charge is -2.36. The molecule has 1 aromatic rings. The Balaban J connectivity index is 2.14. The van der Waals surface area contributed by atoms with Gasteiger partial charge in [-0.05, 0) is 30.2 Å². The largest absolute Gasteiger partial charge is 0.481 e. The van der Waals surface area contributed by atoms with Crippen molar-refractivity contribution in [3.63, 3.8) is 0 Å². The summed E-state index contributed by atoms with van der Waals surface area (Å²) in [7, 11) is 0. The van der Waals surface area contributed by atoms with Gasteiger partial charge in [0.2, 0.25) is 0 Å². The fraction of sp³-hybridized carbons (Fsp3) is 0.667. The summed E-state index contributed by atoms with van der Waals surface area (Å²) < 4.78 is 34.7. The highest BCUT2D eigenvalue weighted by molar-refractivity contribution is 14.1. The molecule has 2 N–H and O–H groups in total. The van der Waals surface area contributed by atoms with Crippen LogP contribution in [0.5, 0.6) is 0 Å². The molecule has 3 unspecified atom stereocenters. The van der Waals surface area contributed by atoms with Gasteiger partial charge < -0.3 is 15.2 Å². The molecule has 1 aliphatic rings. The van der Waals surface area contributed by atoms with Gasteiger partial charge in [-0.1, -0.05) is 98.9 Å². The molecule has 32 heavy (non-hydrogen) atoms. The number of benzene rings is 1. The summed E-state index contributed by atoms with van der Waals surface area (Å²) in [6.45, 7) is 3.50. The first-order valence-electron chi connectivity index (χ1n) is 11.3. The molecule has 0 aliphatic heterocycles. The molecule has 1 amide bonds. The Bertz CT molecular complexity index is 726. The smallest absolute Gasteiger partial charge is 0.407 e. The first-order valence-corrected chi connectivity index (χ1v) is 12.6. The van der Waals surface area contributed by atoms with Crippen molar-refractivity contribution in [1.29, 1.82) is 0 Å². The monoisotopic (exact) mass is 565 g/mol. The first kappa shape index (κ1) is 26.8. The van der Waals surface area contributed by atoms with Crippen molar-refractivity contribution in [2.45, 2.75) is 81.3 Å². The van der Waals surface area contributed by atoms with Crippen LogP contribution in [0.15, 0.2) is 30.3 Å². The van der Waals surface area contributed by atoms with E-state index < -0.39 is 33.9 Å². The van der Waals surface area contributed by atoms with E-state index in [1.807, 2.05) is 30.3 Å². The van der Waals surface area contributed by atoms with Crippen LogP contribution in [0.4, 0.5) is 13.6 Å². The molecule has 1 saturated carbocycles. The standard InChI is InChI=1S/C24H34F2INO4/c1-16(2)13-19(22(29)30)24(25,26)21(27)20(14-17-9-5-3-6-10-17)28-23(31)32-15-18-11-7-4-8-12-18/h4,7-8,11-12,16-17,19-21H,3,5-6,9-10,13-15H2,1-2H3,(H,28,31)(H,29,30). The number of aliphatic carboxylic acids is 1. The molecule has 1 aromatic carbocycles. The number of carbonyl (C=O) groups excluding carboxylic acids is 1. The molecule has 180 valence electrons. The van der Waals surface area contributed by atoms with E-state index in [4.69, 9.17) is 4.74 Å². The van der Waals surface area contributed by atoms with Crippen molar-refractivity contribution in [2.75, 3.05) is 0 Å². The third kappa shape index (κ3) is 8.15. The van der Waals surface area contributed by atoms with Crippen molar-refractivity contribution >= 4 is 34.7 Å². The van der Waals surface area contributed by atoms with Crippen LogP contribution in [-0.4, -0.2) is 33.1 Å². The van der Waals surface area contributed by atoms with E-state index in [-0.39, 0.29) is 24.9 Å². The molecule has 2 rings (SSSR count). The quantitative estimate of drug-likeness (QED) is 0.239. The highest BCUT2D eigenvalue weighted by Gasteiger charge is 2.53. The van der Waals surface area contributed by atoms with Gasteiger partial charge in [-0.3, -0.25) is 4.79 Å². The molecule has 0 spiro atoms. The lowest BCUT2D eigenvalue weighted by molar-refractivity contribution is -0.158. The number of hydrogen-bond acceptors (Lipinski definition) is 3. The molecule has 0 aromatic heterocycles. The Morgan fingerprint density at radius 1 is 1.19 bits per heavy atom. The fourth-order valence-electron chi connectivity index (χ4n) is 4.30. The summed E-state index contributed by atoms with van der Waals surface area (Å²) in [6.07, 6.45) is 4.58. The van der Waals surface area contributed by atoms with Gasteiger partial charge in [-0.2, -0.15) is 0 Å². The van der Waals surface area contributed by atoms with E-state index in [2.05, 4.69) is 5.32 Å². The van der Waals surface area contributed by atoms with Crippen molar-refractivity contribution in [2.24, 2.45) is 17.8 Å². The number of halogens is 3. The maximum Gasteiger partial charge on any atom is 0.407 e. The van der Waals surface area contributed by atoms with Crippen LogP contribution < -0.4 is 5.32 Å². The van der Waals surface area contributed by atoms with E-state index in [9.17, 15) is 14.7 Å². The van der Waals surface area contributed by atoms with Crippen LogP contribution in [0, 0.1) is 17.8 Å². The van der Waals surface area contributed by atoms with E-state index in [0.717, 1.165) is 37.7 Å². The number of ether oxygens (including phenoxy) is 1. The SMILES string of the molecule is CC(C)CC(C(=O)O)C(F)(F)C(I)C(CC1CCCCC1)NC(=O)OCc1ccccc1. The predicted molar refractivity (Wildman–Crippen MR) is 128 cm³/mol. The lowest BCUT2D eigenvalue weighted by Crippen LogP contribution is -2.53. The molecule has 8 heteroatoms. The minimum atomic E-state index is -3.48. The van der Waals surface area contributed by atoms with Gasteiger partial charge in [0.05, 0.1) is 9.97 Å². The van der Waals surface area contributed by atoms with Crippen LogP contribution in [0.2, 0.25) is 0 Å². The van der Waals surface area contributed by atoms with Crippen LogP contribution in [0.1, 0.15) is 64.4 Å². The molecular weight excluding hydrogens is 531 g/mol. The van der Waals surface area contributed by atoms with Gasteiger partial charge in [-0.15, -0.1) is 0 Å². The number of amides is 1. The lowest BCUT2D eigenvalue weighted by atomic mass is 9.81. The van der Waals surface area contributed by atoms with Gasteiger partial charge >= 0.3 is 12.1 Å². The maximum atomic E-state index is 15.4. The van der Waals surface area contributed by atoms with Gasteiger partial charge in [-0.25, -0.2) is 13.6 Å². The average molecular weight is 565 g/mol. The van der Waals surface area contributed by atoms with E-state index >= 15 is 8.78 Å². The van der Waals surface area contributed by atoms with Crippen molar-refractivity contribution in [3.05, 3.63) is 35.9 Å². The Morgan fingerprint density at radius 3 is 2.38 bits per heavy atom. The Kier molecular flexibility index (Phi) is 10.6. The van der Waals surface area contributed by atoms with Gasteiger partial charge in [0.25, 0.3) is 5.92 Å². The normalized spacial score (nSPS) is 18.1. The third-order valence-corrected chi connectivity index (χ3v) is 7.72. The Labute approximate surface area is 202 Å². The number of carbonyl (C=O) groups is 2. The second-order valence-electron chi connectivity index (χ2n) is 9.15. The van der Waals surface area contributed by atoms with Gasteiger partial charge in [0.15, 0.2) is 0 Å². The van der Waals surface area contributed by atoms with E-state index in [0.29, 0.717) is 6.42 Å². The van der Waals surface area contributed by atoms with Gasteiger partial charge in [0, 0.05) is 0 Å². The van der Waals surface area contributed by atoms with Crippen LogP contribution in [0.3, 0.4) is 0 Å². The second kappa shape index (κ2) is 12.7. The van der Waals surface area contributed by atoms with E-state index in [1.54, 1.807) is 36.4 Å². The summed E-state index contributed by atoms with van der Waals surface area (Å²) in [4.78, 5) is 24.2. The summed E-state index contributed by atoms with van der Waals surface area (Å²) >= 11 is 1.63. The number of nitrogens with one attached hydrogen (secondary N) is 1. The molecule has 1 aliphatic carbocycles. The number of rotatable bonds is 11. The number of hydrogen-bond donors (Lipinski definition) is 2.